The molecule has 18 heavy (non-hydrogen) atoms. The Bertz CT molecular complexity index is 394. The number of carbonyl (C=O) groups excluding carboxylic acids is 2. The molecule has 1 saturated carbocycles. The van der Waals surface area contributed by atoms with Gasteiger partial charge < -0.3 is 10.1 Å². The monoisotopic (exact) mass is 251 g/mol. The van der Waals surface area contributed by atoms with Crippen LogP contribution >= 0.6 is 0 Å². The van der Waals surface area contributed by atoms with Crippen molar-refractivity contribution in [3.05, 3.63) is 12.2 Å². The van der Waals surface area contributed by atoms with Gasteiger partial charge in [-0.25, -0.2) is 4.79 Å². The zero-order chi connectivity index (χ0) is 13.5. The van der Waals surface area contributed by atoms with E-state index < -0.39 is 11.7 Å². The molecule has 0 aliphatic heterocycles. The molecule has 4 nitrogen and oxygen atoms in total. The van der Waals surface area contributed by atoms with E-state index in [1.54, 1.807) is 6.92 Å². The van der Waals surface area contributed by atoms with E-state index in [2.05, 4.69) is 17.5 Å². The summed E-state index contributed by atoms with van der Waals surface area (Å²) >= 11 is 0. The third-order valence-electron chi connectivity index (χ3n) is 3.61. The Morgan fingerprint density at radius 3 is 2.39 bits per heavy atom. The molecule has 2 bridgehead atoms. The number of Topliss-reactive ketones (excluding diaryl/α,β-unsaturated/α-hetero) is 1. The molecule has 100 valence electrons. The SMILES string of the molecule is CC(=O)[C@@H]1[C@H](NC(=O)OC(C)(C)C)[C@H]2C=C[C@H]1C2. The van der Waals surface area contributed by atoms with Crippen LogP contribution in [0.5, 0.6) is 0 Å². The molecule has 1 N–H and O–H groups in total. The minimum Gasteiger partial charge on any atom is -0.444 e. The molecule has 4 atom stereocenters. The van der Waals surface area contributed by atoms with Gasteiger partial charge >= 0.3 is 6.09 Å². The van der Waals surface area contributed by atoms with Gasteiger partial charge in [0.1, 0.15) is 11.4 Å². The normalized spacial score (nSPS) is 33.6. The highest BCUT2D eigenvalue weighted by molar-refractivity contribution is 5.81. The van der Waals surface area contributed by atoms with E-state index in [4.69, 9.17) is 4.74 Å². The van der Waals surface area contributed by atoms with Crippen molar-refractivity contribution in [3.8, 4) is 0 Å². The largest absolute Gasteiger partial charge is 0.444 e. The van der Waals surface area contributed by atoms with Gasteiger partial charge in [-0.2, -0.15) is 0 Å². The van der Waals surface area contributed by atoms with E-state index in [-0.39, 0.29) is 29.6 Å². The predicted molar refractivity (Wildman–Crippen MR) is 68.1 cm³/mol. The first-order valence-corrected chi connectivity index (χ1v) is 6.46. The van der Waals surface area contributed by atoms with Crippen LogP contribution in [-0.2, 0) is 9.53 Å². The highest BCUT2D eigenvalue weighted by atomic mass is 16.6. The van der Waals surface area contributed by atoms with Gasteiger partial charge in [0.25, 0.3) is 0 Å². The van der Waals surface area contributed by atoms with Crippen molar-refractivity contribution < 1.29 is 14.3 Å². The van der Waals surface area contributed by atoms with Gasteiger partial charge in [-0.15, -0.1) is 0 Å². The van der Waals surface area contributed by atoms with Crippen LogP contribution in [-0.4, -0.2) is 23.5 Å². The Kier molecular flexibility index (Phi) is 3.21. The summed E-state index contributed by atoms with van der Waals surface area (Å²) in [6.45, 7) is 7.09. The average Bonchev–Trinajstić information content (AvgIpc) is 2.73. The number of hydrogen-bond donors (Lipinski definition) is 1. The van der Waals surface area contributed by atoms with Crippen molar-refractivity contribution in [1.82, 2.24) is 5.32 Å². The molecule has 0 aromatic rings. The third kappa shape index (κ3) is 2.57. The lowest BCUT2D eigenvalue weighted by Crippen LogP contribution is -2.46. The van der Waals surface area contributed by atoms with E-state index >= 15 is 0 Å². The van der Waals surface area contributed by atoms with Gasteiger partial charge in [0.15, 0.2) is 0 Å². The summed E-state index contributed by atoms with van der Waals surface area (Å²) < 4.78 is 5.25. The first-order chi connectivity index (χ1) is 8.28. The minimum absolute atomic E-state index is 0.0903. The van der Waals surface area contributed by atoms with E-state index in [0.717, 1.165) is 6.42 Å². The maximum atomic E-state index is 11.8. The topological polar surface area (TPSA) is 55.4 Å². The molecule has 0 unspecified atom stereocenters. The van der Waals surface area contributed by atoms with Gasteiger partial charge in [0.2, 0.25) is 0 Å². The van der Waals surface area contributed by atoms with Crippen molar-refractivity contribution in [3.63, 3.8) is 0 Å². The number of rotatable bonds is 2. The lowest BCUT2D eigenvalue weighted by Gasteiger charge is -2.28. The molecular weight excluding hydrogens is 230 g/mol. The molecule has 0 heterocycles. The van der Waals surface area contributed by atoms with Crippen LogP contribution in [0.2, 0.25) is 0 Å². The number of carbonyl (C=O) groups is 2. The second-order valence-corrected chi connectivity index (χ2v) is 6.26. The molecule has 2 aliphatic carbocycles. The molecule has 0 spiro atoms. The molecular formula is C14H21NO3. The Labute approximate surface area is 108 Å². The van der Waals surface area contributed by atoms with E-state index in [9.17, 15) is 9.59 Å². The van der Waals surface area contributed by atoms with Crippen molar-refractivity contribution in [2.75, 3.05) is 0 Å². The summed E-state index contributed by atoms with van der Waals surface area (Å²) in [5.41, 5.74) is -0.511. The van der Waals surface area contributed by atoms with Gasteiger partial charge in [-0.3, -0.25) is 4.79 Å². The number of ether oxygens (including phenoxy) is 1. The second kappa shape index (κ2) is 4.41. The average molecular weight is 251 g/mol. The van der Waals surface area contributed by atoms with E-state index in [1.807, 2.05) is 20.8 Å². The minimum atomic E-state index is -0.511. The summed E-state index contributed by atoms with van der Waals surface area (Å²) in [6, 6.07) is -0.104. The third-order valence-corrected chi connectivity index (χ3v) is 3.61. The van der Waals surface area contributed by atoms with Crippen molar-refractivity contribution >= 4 is 11.9 Å². The fourth-order valence-corrected chi connectivity index (χ4v) is 3.02. The van der Waals surface area contributed by atoms with Crippen molar-refractivity contribution in [2.45, 2.75) is 45.8 Å². The zero-order valence-corrected chi connectivity index (χ0v) is 11.4. The second-order valence-electron chi connectivity index (χ2n) is 6.26. The molecule has 0 aromatic carbocycles. The number of hydrogen-bond acceptors (Lipinski definition) is 3. The molecule has 4 heteroatoms. The Hall–Kier alpha value is -1.32. The van der Waals surface area contributed by atoms with Crippen LogP contribution in [0.15, 0.2) is 12.2 Å². The molecule has 2 rings (SSSR count). The van der Waals surface area contributed by atoms with Crippen LogP contribution in [0.25, 0.3) is 0 Å². The molecule has 0 saturated heterocycles. The predicted octanol–water partition coefficient (Wildman–Crippen LogP) is 2.29. The van der Waals surface area contributed by atoms with Crippen LogP contribution < -0.4 is 5.32 Å². The van der Waals surface area contributed by atoms with Gasteiger partial charge in [0.05, 0.1) is 0 Å². The molecule has 0 aromatic heterocycles. The Morgan fingerprint density at radius 1 is 1.22 bits per heavy atom. The summed E-state index contributed by atoms with van der Waals surface area (Å²) in [5, 5.41) is 2.87. The smallest absolute Gasteiger partial charge is 0.407 e. The van der Waals surface area contributed by atoms with Crippen LogP contribution in [0.1, 0.15) is 34.1 Å². The maximum absolute atomic E-state index is 11.8. The number of ketones is 1. The summed E-state index contributed by atoms with van der Waals surface area (Å²) in [5.74, 6) is 0.615. The highest BCUT2D eigenvalue weighted by Crippen LogP contribution is 2.44. The summed E-state index contributed by atoms with van der Waals surface area (Å²) in [7, 11) is 0. The number of fused-ring (bicyclic) bond motifs is 2. The van der Waals surface area contributed by atoms with Gasteiger partial charge in [-0.1, -0.05) is 12.2 Å². The fraction of sp³-hybridized carbons (Fsp3) is 0.714. The quantitative estimate of drug-likeness (QED) is 0.766. The van der Waals surface area contributed by atoms with Crippen LogP contribution in [0.4, 0.5) is 4.79 Å². The molecule has 1 fully saturated rings. The molecule has 1 amide bonds. The maximum Gasteiger partial charge on any atom is 0.407 e. The molecule has 0 radical (unpaired) electrons. The van der Waals surface area contributed by atoms with Crippen LogP contribution in [0.3, 0.4) is 0 Å². The number of alkyl carbamates (subject to hydrolysis) is 1. The van der Waals surface area contributed by atoms with Gasteiger partial charge in [0, 0.05) is 12.0 Å². The van der Waals surface area contributed by atoms with Gasteiger partial charge in [-0.05, 0) is 46.0 Å². The van der Waals surface area contributed by atoms with Crippen LogP contribution in [0, 0.1) is 17.8 Å². The molecule has 2 aliphatic rings. The Morgan fingerprint density at radius 2 is 1.83 bits per heavy atom. The lowest BCUT2D eigenvalue weighted by molar-refractivity contribution is -0.122. The van der Waals surface area contributed by atoms with E-state index in [0.29, 0.717) is 0 Å². The first kappa shape index (κ1) is 13.1. The van der Waals surface area contributed by atoms with Crippen molar-refractivity contribution in [2.24, 2.45) is 17.8 Å². The summed E-state index contributed by atoms with van der Waals surface area (Å²) in [6.07, 6.45) is 4.74. The summed E-state index contributed by atoms with van der Waals surface area (Å²) in [4.78, 5) is 23.5. The zero-order valence-electron chi connectivity index (χ0n) is 11.4. The highest BCUT2D eigenvalue weighted by Gasteiger charge is 2.47. The number of amides is 1. The Balaban J connectivity index is 2.02. The van der Waals surface area contributed by atoms with Crippen molar-refractivity contribution in [1.29, 1.82) is 0 Å². The number of nitrogens with one attached hydrogen (secondary N) is 1. The van der Waals surface area contributed by atoms with E-state index in [1.165, 1.54) is 0 Å². The number of allylic oxidation sites excluding steroid dienone is 1. The fourth-order valence-electron chi connectivity index (χ4n) is 3.02. The first-order valence-electron chi connectivity index (χ1n) is 6.46. The standard InChI is InChI=1S/C14H21NO3/c1-8(16)11-9-5-6-10(7-9)12(11)15-13(17)18-14(2,3)4/h5-6,9-12H,7H2,1-4H3,(H,15,17)/t9-,10-,11-,12+/m0/s1. The lowest BCUT2D eigenvalue weighted by atomic mass is 9.86.